The van der Waals surface area contributed by atoms with Crippen LogP contribution in [0.4, 0.5) is 4.39 Å². The maximum atomic E-state index is 12.9. The lowest BCUT2D eigenvalue weighted by Crippen LogP contribution is -2.37. The molecule has 3 atom stereocenters. The second-order valence-corrected chi connectivity index (χ2v) is 2.57. The van der Waals surface area contributed by atoms with Crippen LogP contribution in [0.2, 0.25) is 0 Å². The van der Waals surface area contributed by atoms with Crippen LogP contribution in [-0.4, -0.2) is 34.7 Å². The second kappa shape index (κ2) is 2.45. The summed E-state index contributed by atoms with van der Waals surface area (Å²) in [6, 6.07) is 0. The number of aliphatic hydroxyl groups excluding tert-OH is 2. The summed E-state index contributed by atoms with van der Waals surface area (Å²) in [5, 5.41) is 17.5. The van der Waals surface area contributed by atoms with Gasteiger partial charge in [0.15, 0.2) is 5.67 Å². The summed E-state index contributed by atoms with van der Waals surface area (Å²) in [6.07, 6.45) is -2.06. The third kappa shape index (κ3) is 1.14. The zero-order valence-corrected chi connectivity index (χ0v) is 5.62. The smallest absolute Gasteiger partial charge is 0.165 e. The van der Waals surface area contributed by atoms with E-state index < -0.39 is 17.9 Å². The molecule has 0 aromatic heterocycles. The highest BCUT2D eigenvalue weighted by Gasteiger charge is 2.46. The summed E-state index contributed by atoms with van der Waals surface area (Å²) in [7, 11) is 0. The van der Waals surface area contributed by atoms with Gasteiger partial charge in [-0.1, -0.05) is 0 Å². The number of hydrogen-bond acceptors (Lipinski definition) is 3. The first-order valence-corrected chi connectivity index (χ1v) is 3.05. The topological polar surface area (TPSA) is 49.7 Å². The van der Waals surface area contributed by atoms with E-state index in [2.05, 4.69) is 4.74 Å². The molecule has 4 heteroatoms. The summed E-state index contributed by atoms with van der Waals surface area (Å²) in [5.41, 5.74) is -1.83. The normalized spacial score (nSPS) is 48.0. The molecule has 0 aromatic carbocycles. The molecule has 10 heavy (non-hydrogen) atoms. The van der Waals surface area contributed by atoms with E-state index in [0.29, 0.717) is 0 Å². The van der Waals surface area contributed by atoms with Crippen molar-refractivity contribution in [1.82, 2.24) is 0 Å². The van der Waals surface area contributed by atoms with Crippen molar-refractivity contribution in [3.05, 3.63) is 6.61 Å². The summed E-state index contributed by atoms with van der Waals surface area (Å²) < 4.78 is 17.5. The Morgan fingerprint density at radius 3 is 2.60 bits per heavy atom. The third-order valence-corrected chi connectivity index (χ3v) is 1.58. The van der Waals surface area contributed by atoms with Gasteiger partial charge in [-0.25, -0.2) is 4.39 Å². The van der Waals surface area contributed by atoms with Gasteiger partial charge in [-0.3, -0.25) is 0 Å². The van der Waals surface area contributed by atoms with Gasteiger partial charge in [0.2, 0.25) is 0 Å². The van der Waals surface area contributed by atoms with Crippen LogP contribution in [-0.2, 0) is 4.74 Å². The molecule has 3 nitrogen and oxygen atoms in total. The van der Waals surface area contributed by atoms with E-state index in [1.807, 2.05) is 0 Å². The van der Waals surface area contributed by atoms with Gasteiger partial charge in [-0.15, -0.1) is 0 Å². The van der Waals surface area contributed by atoms with E-state index in [-0.39, 0.29) is 6.61 Å². The van der Waals surface area contributed by atoms with Crippen molar-refractivity contribution in [2.75, 3.05) is 6.61 Å². The molecular formula is C6H10FO3. The van der Waals surface area contributed by atoms with E-state index >= 15 is 0 Å². The average molecular weight is 149 g/mol. The molecule has 1 radical (unpaired) electrons. The van der Waals surface area contributed by atoms with E-state index in [1.54, 1.807) is 0 Å². The quantitative estimate of drug-likeness (QED) is 0.534. The van der Waals surface area contributed by atoms with Crippen LogP contribution in [0.3, 0.4) is 0 Å². The molecule has 0 bridgehead atoms. The maximum Gasteiger partial charge on any atom is 0.165 e. The lowest BCUT2D eigenvalue weighted by molar-refractivity contribution is -0.00864. The first-order chi connectivity index (χ1) is 4.58. The summed E-state index contributed by atoms with van der Waals surface area (Å²) in [6.45, 7) is 1.75. The van der Waals surface area contributed by atoms with Crippen LogP contribution in [0.25, 0.3) is 0 Å². The van der Waals surface area contributed by atoms with Crippen LogP contribution in [0.5, 0.6) is 0 Å². The van der Waals surface area contributed by atoms with Gasteiger partial charge in [0.25, 0.3) is 0 Å². The van der Waals surface area contributed by atoms with Crippen LogP contribution in [0.15, 0.2) is 0 Å². The molecule has 1 rings (SSSR count). The zero-order chi connectivity index (χ0) is 7.78. The Hall–Kier alpha value is -0.190. The van der Waals surface area contributed by atoms with Gasteiger partial charge in [-0.2, -0.15) is 0 Å². The molecule has 1 saturated heterocycles. The molecule has 1 heterocycles. The number of hydrogen-bond donors (Lipinski definition) is 2. The molecule has 0 unspecified atom stereocenters. The predicted octanol–water partition coefficient (Wildman–Crippen LogP) is -0.372. The Balaban J connectivity index is 2.58. The van der Waals surface area contributed by atoms with E-state index in [9.17, 15) is 4.39 Å². The lowest BCUT2D eigenvalue weighted by atomic mass is 10.0. The summed E-state index contributed by atoms with van der Waals surface area (Å²) >= 11 is 0. The highest BCUT2D eigenvalue weighted by Crippen LogP contribution is 2.31. The minimum atomic E-state index is -1.83. The largest absolute Gasteiger partial charge is 0.394 e. The second-order valence-electron chi connectivity index (χ2n) is 2.57. The first kappa shape index (κ1) is 7.91. The highest BCUT2D eigenvalue weighted by molar-refractivity contribution is 5.00. The number of alkyl halides is 1. The number of halogens is 1. The van der Waals surface area contributed by atoms with Gasteiger partial charge in [0.1, 0.15) is 18.8 Å². The van der Waals surface area contributed by atoms with Crippen LogP contribution in [0.1, 0.15) is 6.92 Å². The fraction of sp³-hybridized carbons (Fsp3) is 0.833. The fourth-order valence-electron chi connectivity index (χ4n) is 0.871. The number of ether oxygens (including phenoxy) is 1. The number of rotatable bonds is 1. The van der Waals surface area contributed by atoms with Gasteiger partial charge in [-0.05, 0) is 6.92 Å². The zero-order valence-electron chi connectivity index (χ0n) is 5.62. The molecule has 0 amide bonds. The van der Waals surface area contributed by atoms with Crippen molar-refractivity contribution >= 4 is 0 Å². The predicted molar refractivity (Wildman–Crippen MR) is 31.8 cm³/mol. The van der Waals surface area contributed by atoms with Gasteiger partial charge >= 0.3 is 0 Å². The molecule has 1 aliphatic rings. The Labute approximate surface area is 58.4 Å². The van der Waals surface area contributed by atoms with Crippen molar-refractivity contribution in [3.8, 4) is 0 Å². The summed E-state index contributed by atoms with van der Waals surface area (Å²) in [4.78, 5) is 0. The number of aliphatic hydroxyl groups is 2. The van der Waals surface area contributed by atoms with Crippen molar-refractivity contribution in [2.24, 2.45) is 0 Å². The fourth-order valence-corrected chi connectivity index (χ4v) is 0.871. The minimum Gasteiger partial charge on any atom is -0.394 e. The van der Waals surface area contributed by atoms with Gasteiger partial charge < -0.3 is 14.9 Å². The van der Waals surface area contributed by atoms with Crippen molar-refractivity contribution in [1.29, 1.82) is 0 Å². The van der Waals surface area contributed by atoms with Crippen LogP contribution < -0.4 is 0 Å². The maximum absolute atomic E-state index is 12.9. The third-order valence-electron chi connectivity index (χ3n) is 1.58. The molecule has 1 aliphatic heterocycles. The molecule has 59 valence electrons. The Bertz CT molecular complexity index is 126. The molecule has 0 aliphatic carbocycles. The highest BCUT2D eigenvalue weighted by atomic mass is 19.1. The average Bonchev–Trinajstić information content (AvgIpc) is 2.10. The summed E-state index contributed by atoms with van der Waals surface area (Å²) in [5.74, 6) is 0. The van der Waals surface area contributed by atoms with Crippen LogP contribution >= 0.6 is 0 Å². The molecule has 2 N–H and O–H groups in total. The van der Waals surface area contributed by atoms with Gasteiger partial charge in [0, 0.05) is 0 Å². The Kier molecular flexibility index (Phi) is 1.94. The van der Waals surface area contributed by atoms with Crippen molar-refractivity contribution in [3.63, 3.8) is 0 Å². The standard InChI is InChI=1S/C6H10FO3/c1-6(7)3-10-4(2-8)5(6)9/h3-5,8-9H,2H2,1H3/t4-,5-,6-/m1/s1. The van der Waals surface area contributed by atoms with Crippen LogP contribution in [0, 0.1) is 6.61 Å². The molecule has 0 saturated carbocycles. The van der Waals surface area contributed by atoms with Crippen molar-refractivity contribution < 1.29 is 19.3 Å². The Morgan fingerprint density at radius 1 is 1.80 bits per heavy atom. The molecular weight excluding hydrogens is 139 g/mol. The van der Waals surface area contributed by atoms with E-state index in [1.165, 1.54) is 6.92 Å². The molecule has 1 fully saturated rings. The lowest BCUT2D eigenvalue weighted by Gasteiger charge is -2.16. The first-order valence-electron chi connectivity index (χ1n) is 3.05. The van der Waals surface area contributed by atoms with Gasteiger partial charge in [0.05, 0.1) is 6.61 Å². The SMILES string of the molecule is C[C@@]1(F)[CH]O[C@H](CO)[C@H]1O. The van der Waals surface area contributed by atoms with Crippen molar-refractivity contribution in [2.45, 2.75) is 24.8 Å². The Morgan fingerprint density at radius 2 is 2.40 bits per heavy atom. The molecule has 0 aromatic rings. The minimum absolute atomic E-state index is 0.364. The monoisotopic (exact) mass is 149 g/mol. The van der Waals surface area contributed by atoms with E-state index in [4.69, 9.17) is 10.2 Å². The van der Waals surface area contributed by atoms with E-state index in [0.717, 1.165) is 6.61 Å². The molecule has 0 spiro atoms.